The molecule has 9 nitrogen and oxygen atoms in total. The second-order valence-electron chi connectivity index (χ2n) is 6.33. The van der Waals surface area contributed by atoms with Gasteiger partial charge in [-0.25, -0.2) is 9.97 Å². The maximum atomic E-state index is 9.99. The zero-order valence-electron chi connectivity index (χ0n) is 15.6. The quantitative estimate of drug-likeness (QED) is 0.574. The Morgan fingerprint density at radius 1 is 1.38 bits per heavy atom. The second-order valence-corrected chi connectivity index (χ2v) is 6.33. The van der Waals surface area contributed by atoms with Crippen molar-refractivity contribution in [3.8, 4) is 11.5 Å². The number of allylic oxidation sites excluding steroid dienone is 1. The monoisotopic (exact) mass is 399 g/mol. The third-order valence-corrected chi connectivity index (χ3v) is 4.55. The van der Waals surface area contributed by atoms with Gasteiger partial charge < -0.3 is 19.8 Å². The number of phenols is 1. The molecule has 9 heteroatoms. The number of carbonyl (C=O) groups is 1. The van der Waals surface area contributed by atoms with Gasteiger partial charge in [0.25, 0.3) is 6.47 Å². The lowest BCUT2D eigenvalue weighted by Gasteiger charge is -2.29. The number of hydrogen-bond donors (Lipinski definition) is 3. The molecule has 29 heavy (non-hydrogen) atoms. The lowest BCUT2D eigenvalue weighted by Crippen LogP contribution is -2.31. The van der Waals surface area contributed by atoms with Crippen molar-refractivity contribution >= 4 is 28.8 Å². The molecule has 4 rings (SSSR count). The molecule has 0 bridgehead atoms. The topological polar surface area (TPSA) is 124 Å². The van der Waals surface area contributed by atoms with Gasteiger partial charge in [0.15, 0.2) is 11.5 Å². The van der Waals surface area contributed by atoms with Gasteiger partial charge in [0.1, 0.15) is 12.1 Å². The van der Waals surface area contributed by atoms with Gasteiger partial charge in [-0.15, -0.1) is 0 Å². The Morgan fingerprint density at radius 3 is 2.76 bits per heavy atom. The first-order valence-electron chi connectivity index (χ1n) is 8.56. The van der Waals surface area contributed by atoms with Gasteiger partial charge in [0.05, 0.1) is 18.3 Å². The van der Waals surface area contributed by atoms with E-state index in [1.54, 1.807) is 12.1 Å². The summed E-state index contributed by atoms with van der Waals surface area (Å²) in [4.78, 5) is 19.3. The first-order valence-corrected chi connectivity index (χ1v) is 8.56. The molecule has 0 atom stereocenters. The fourth-order valence-electron chi connectivity index (χ4n) is 3.30. The maximum absolute atomic E-state index is 9.99. The van der Waals surface area contributed by atoms with Gasteiger partial charge >= 0.3 is 0 Å². The first-order chi connectivity index (χ1) is 13.5. The van der Waals surface area contributed by atoms with Crippen molar-refractivity contribution in [1.29, 1.82) is 0 Å². The van der Waals surface area contributed by atoms with Crippen molar-refractivity contribution < 1.29 is 19.7 Å². The molecule has 2 aromatic heterocycles. The number of carboxylic acid groups (broad SMARTS) is 1. The number of ether oxygens (including phenoxy) is 1. The molecule has 0 unspecified atom stereocenters. The number of nitrogens with zero attached hydrogens (tertiary/aromatic N) is 4. The molecule has 154 valence electrons. The molecule has 0 spiro atoms. The van der Waals surface area contributed by atoms with Crippen molar-refractivity contribution in [2.24, 2.45) is 0 Å². The molecule has 3 aromatic rings. The van der Waals surface area contributed by atoms with Gasteiger partial charge in [0.2, 0.25) is 0 Å². The molecule has 0 aliphatic carbocycles. The van der Waals surface area contributed by atoms with Crippen LogP contribution in [0, 0.1) is 0 Å². The number of rotatable bonds is 3. The predicted molar refractivity (Wildman–Crippen MR) is 111 cm³/mol. The average molecular weight is 399 g/mol. The minimum atomic E-state index is -0.250. The van der Waals surface area contributed by atoms with Crippen molar-refractivity contribution in [2.75, 3.05) is 18.6 Å². The molecule has 3 N–H and O–H groups in total. The molecule has 0 amide bonds. The number of nitrogens with one attached hydrogen (secondary N) is 1. The van der Waals surface area contributed by atoms with Crippen LogP contribution in [0.5, 0.6) is 11.5 Å². The van der Waals surface area contributed by atoms with Gasteiger partial charge in [-0.05, 0) is 18.6 Å². The molecule has 1 aliphatic rings. The van der Waals surface area contributed by atoms with Crippen LogP contribution in [0.1, 0.15) is 31.3 Å². The molecule has 0 saturated carbocycles. The van der Waals surface area contributed by atoms with Crippen molar-refractivity contribution in [2.45, 2.75) is 27.3 Å². The van der Waals surface area contributed by atoms with E-state index in [0.29, 0.717) is 17.8 Å². The summed E-state index contributed by atoms with van der Waals surface area (Å²) in [7, 11) is 1.53. The largest absolute Gasteiger partial charge is 0.504 e. The summed E-state index contributed by atoms with van der Waals surface area (Å²) in [6.45, 7) is 7.24. The highest BCUT2D eigenvalue weighted by Crippen LogP contribution is 2.35. The van der Waals surface area contributed by atoms with Crippen LogP contribution >= 0.6 is 0 Å². The summed E-state index contributed by atoms with van der Waals surface area (Å²) in [5.41, 5.74) is 4.87. The van der Waals surface area contributed by atoms with Crippen LogP contribution in [0.2, 0.25) is 0 Å². The summed E-state index contributed by atoms with van der Waals surface area (Å²) >= 11 is 0. The molecular formula is C20H25N5O4. The smallest absolute Gasteiger partial charge is 0.290 e. The fraction of sp³-hybridized carbons (Fsp3) is 0.300. The maximum Gasteiger partial charge on any atom is 0.290 e. The van der Waals surface area contributed by atoms with E-state index < -0.39 is 0 Å². The van der Waals surface area contributed by atoms with Crippen molar-refractivity contribution in [3.05, 3.63) is 42.0 Å². The Labute approximate surface area is 168 Å². The van der Waals surface area contributed by atoms with Gasteiger partial charge in [-0.3, -0.25) is 9.89 Å². The molecule has 1 aliphatic heterocycles. The Kier molecular flexibility index (Phi) is 6.76. The fourth-order valence-corrected chi connectivity index (χ4v) is 3.30. The Hall–Kier alpha value is -3.62. The summed E-state index contributed by atoms with van der Waals surface area (Å²) in [6, 6.07) is 3.39. The molecule has 1 aromatic carbocycles. The average Bonchev–Trinajstić information content (AvgIpc) is 3.11. The highest BCUT2D eigenvalue weighted by molar-refractivity contribution is 5.92. The highest BCUT2D eigenvalue weighted by Gasteiger charge is 2.24. The lowest BCUT2D eigenvalue weighted by atomic mass is 10.0. The normalized spacial score (nSPS) is 12.3. The summed E-state index contributed by atoms with van der Waals surface area (Å²) in [6.07, 6.45) is 2.38. The molecule has 0 saturated heterocycles. The third-order valence-electron chi connectivity index (χ3n) is 4.55. The minimum Gasteiger partial charge on any atom is -0.504 e. The van der Waals surface area contributed by atoms with E-state index in [9.17, 15) is 5.11 Å². The van der Waals surface area contributed by atoms with Crippen LogP contribution in [0.15, 0.2) is 25.0 Å². The number of aromatic hydroxyl groups is 1. The summed E-state index contributed by atoms with van der Waals surface area (Å²) in [5, 5.41) is 25.2. The first kappa shape index (κ1) is 21.7. The number of anilines is 1. The zero-order valence-corrected chi connectivity index (χ0v) is 15.6. The van der Waals surface area contributed by atoms with Crippen LogP contribution in [-0.2, 0) is 17.8 Å². The van der Waals surface area contributed by atoms with Gasteiger partial charge in [-0.1, -0.05) is 14.0 Å². The number of methoxy groups -OCH3 is 1. The summed E-state index contributed by atoms with van der Waals surface area (Å²) in [5.74, 6) is 1.30. The van der Waals surface area contributed by atoms with E-state index >= 15 is 0 Å². The second kappa shape index (κ2) is 9.05. The number of benzene rings is 1. The van der Waals surface area contributed by atoms with Gasteiger partial charge in [-0.2, -0.15) is 5.10 Å². The Morgan fingerprint density at radius 2 is 2.10 bits per heavy atom. The van der Waals surface area contributed by atoms with E-state index in [4.69, 9.17) is 14.6 Å². The molecule has 3 heterocycles. The number of aromatic amines is 1. The van der Waals surface area contributed by atoms with Crippen molar-refractivity contribution in [1.82, 2.24) is 20.2 Å². The SMILES string of the molecule is C.C=C(C)c1n[nH]c2c1CN(c1ncnc3cc(O)c(OC)cc13)CC2.O=CO. The zero-order chi connectivity index (χ0) is 20.3. The number of hydrogen-bond acceptors (Lipinski definition) is 7. The molecule has 0 radical (unpaired) electrons. The van der Waals surface area contributed by atoms with Crippen LogP contribution in [0.25, 0.3) is 16.5 Å². The van der Waals surface area contributed by atoms with Gasteiger partial charge in [0, 0.05) is 42.2 Å². The Balaban J connectivity index is 0.000000708. The third kappa shape index (κ3) is 4.13. The van der Waals surface area contributed by atoms with E-state index in [2.05, 4.69) is 31.6 Å². The van der Waals surface area contributed by atoms with Crippen LogP contribution < -0.4 is 9.64 Å². The van der Waals surface area contributed by atoms with E-state index in [0.717, 1.165) is 46.7 Å². The predicted octanol–water partition coefficient (Wildman–Crippen LogP) is 3.00. The highest BCUT2D eigenvalue weighted by atomic mass is 16.5. The molecular weight excluding hydrogens is 374 g/mol. The number of H-pyrrole nitrogens is 1. The standard InChI is InChI=1S/C18H19N5O2.CH2O2.CH4/c1-10(2)17-12-8-23(5-4-13(12)21-22-17)18-11-6-16(25-3)15(24)7-14(11)19-9-20-18;2-1-3;/h6-7,9,24H,1,4-5,8H2,2-3H3,(H,21,22);1H,(H,2,3);1H4. The van der Waals surface area contributed by atoms with Crippen LogP contribution in [-0.4, -0.2) is 50.5 Å². The van der Waals surface area contributed by atoms with E-state index in [-0.39, 0.29) is 19.6 Å². The summed E-state index contributed by atoms with van der Waals surface area (Å²) < 4.78 is 5.24. The number of phenolic OH excluding ortho intramolecular Hbond substituents is 1. The van der Waals surface area contributed by atoms with E-state index in [1.165, 1.54) is 13.4 Å². The lowest BCUT2D eigenvalue weighted by molar-refractivity contribution is -0.122. The number of fused-ring (bicyclic) bond motifs is 2. The number of aromatic nitrogens is 4. The van der Waals surface area contributed by atoms with Crippen LogP contribution in [0.3, 0.4) is 0 Å². The van der Waals surface area contributed by atoms with Crippen molar-refractivity contribution in [3.63, 3.8) is 0 Å². The Bertz CT molecular complexity index is 1030. The minimum absolute atomic E-state index is 0. The molecule has 0 fully saturated rings. The van der Waals surface area contributed by atoms with E-state index in [1.807, 2.05) is 6.92 Å². The van der Waals surface area contributed by atoms with Crippen LogP contribution in [0.4, 0.5) is 5.82 Å².